The van der Waals surface area contributed by atoms with Crippen LogP contribution in [0.4, 0.5) is 0 Å². The number of carboxylic acids is 1. The van der Waals surface area contributed by atoms with E-state index in [1.165, 1.54) is 0 Å². The van der Waals surface area contributed by atoms with Gasteiger partial charge in [0.2, 0.25) is 11.8 Å². The lowest BCUT2D eigenvalue weighted by Gasteiger charge is -2.23. The molecule has 1 fully saturated rings. The van der Waals surface area contributed by atoms with Crippen molar-refractivity contribution in [3.05, 3.63) is 0 Å². The molecule has 0 aromatic carbocycles. The highest BCUT2D eigenvalue weighted by Crippen LogP contribution is 2.11. The molecule has 1 rings (SSSR count). The Morgan fingerprint density at radius 3 is 2.13 bits per heavy atom. The van der Waals surface area contributed by atoms with Crippen molar-refractivity contribution in [2.24, 2.45) is 5.92 Å². The van der Waals surface area contributed by atoms with Gasteiger partial charge in [-0.25, -0.2) is 10.4 Å². The van der Waals surface area contributed by atoms with E-state index in [0.29, 0.717) is 0 Å². The van der Waals surface area contributed by atoms with E-state index in [9.17, 15) is 14.4 Å². The van der Waals surface area contributed by atoms with Gasteiger partial charge < -0.3 is 5.11 Å². The third-order valence-electron chi connectivity index (χ3n) is 2.25. The molecule has 0 saturated carbocycles. The first-order valence-electron chi connectivity index (χ1n) is 4.78. The normalized spacial score (nSPS) is 18.7. The van der Waals surface area contributed by atoms with Gasteiger partial charge in [-0.15, -0.1) is 0 Å². The van der Waals surface area contributed by atoms with Gasteiger partial charge >= 0.3 is 5.97 Å². The third kappa shape index (κ3) is 2.53. The number of hydrogen-bond acceptors (Lipinski definition) is 4. The Hall–Kier alpha value is -1.43. The quantitative estimate of drug-likeness (QED) is 0.630. The number of carbonyl (C=O) groups is 3. The number of carbonyl (C=O) groups excluding carboxylic acids is 2. The molecule has 84 valence electrons. The second-order valence-corrected chi connectivity index (χ2v) is 3.81. The number of carboxylic acid groups (broad SMARTS) is 1. The minimum absolute atomic E-state index is 0.149. The van der Waals surface area contributed by atoms with Crippen LogP contribution >= 0.6 is 0 Å². The van der Waals surface area contributed by atoms with E-state index in [1.54, 1.807) is 13.8 Å². The Bertz CT molecular complexity index is 284. The van der Waals surface area contributed by atoms with Gasteiger partial charge in [-0.2, -0.15) is 0 Å². The molecule has 1 aliphatic heterocycles. The van der Waals surface area contributed by atoms with Crippen molar-refractivity contribution in [2.75, 3.05) is 0 Å². The molecule has 0 bridgehead atoms. The zero-order chi connectivity index (χ0) is 11.6. The molecule has 0 unspecified atom stereocenters. The number of amides is 2. The van der Waals surface area contributed by atoms with Crippen LogP contribution < -0.4 is 5.43 Å². The molecule has 0 aromatic rings. The number of imide groups is 1. The van der Waals surface area contributed by atoms with Gasteiger partial charge in [0.15, 0.2) is 0 Å². The number of aliphatic carboxylic acids is 1. The molecule has 2 N–H and O–H groups in total. The Labute approximate surface area is 87.2 Å². The summed E-state index contributed by atoms with van der Waals surface area (Å²) < 4.78 is 0. The average Bonchev–Trinajstić information content (AvgIpc) is 2.42. The fourth-order valence-corrected chi connectivity index (χ4v) is 1.35. The predicted octanol–water partition coefficient (Wildman–Crippen LogP) is -0.251. The van der Waals surface area contributed by atoms with Crippen LogP contribution in [0.3, 0.4) is 0 Å². The summed E-state index contributed by atoms with van der Waals surface area (Å²) in [6.45, 7) is 3.41. The highest BCUT2D eigenvalue weighted by atomic mass is 16.4. The molecule has 0 aromatic heterocycles. The lowest BCUT2D eigenvalue weighted by Crippen LogP contribution is -2.52. The van der Waals surface area contributed by atoms with E-state index in [1.807, 2.05) is 0 Å². The lowest BCUT2D eigenvalue weighted by molar-refractivity contribution is -0.148. The zero-order valence-electron chi connectivity index (χ0n) is 8.69. The predicted molar refractivity (Wildman–Crippen MR) is 50.5 cm³/mol. The van der Waals surface area contributed by atoms with Gasteiger partial charge in [0.05, 0.1) is 0 Å². The number of nitrogens with zero attached hydrogens (tertiary/aromatic N) is 1. The van der Waals surface area contributed by atoms with Crippen molar-refractivity contribution < 1.29 is 19.5 Å². The first-order chi connectivity index (χ1) is 6.93. The molecule has 6 nitrogen and oxygen atoms in total. The molecule has 2 amide bonds. The maximum Gasteiger partial charge on any atom is 0.322 e. The van der Waals surface area contributed by atoms with Gasteiger partial charge in [-0.3, -0.25) is 14.4 Å². The smallest absolute Gasteiger partial charge is 0.322 e. The summed E-state index contributed by atoms with van der Waals surface area (Å²) in [5.41, 5.74) is 2.45. The third-order valence-corrected chi connectivity index (χ3v) is 2.25. The fourth-order valence-electron chi connectivity index (χ4n) is 1.35. The number of nitrogens with one attached hydrogen (secondary N) is 1. The maximum atomic E-state index is 11.2. The first kappa shape index (κ1) is 11.6. The first-order valence-corrected chi connectivity index (χ1v) is 4.78. The highest BCUT2D eigenvalue weighted by Gasteiger charge is 2.33. The maximum absolute atomic E-state index is 11.2. The Balaban J connectivity index is 2.69. The van der Waals surface area contributed by atoms with Gasteiger partial charge in [0.1, 0.15) is 6.04 Å². The van der Waals surface area contributed by atoms with Crippen LogP contribution in [0.25, 0.3) is 0 Å². The van der Waals surface area contributed by atoms with Gasteiger partial charge in [-0.05, 0) is 5.92 Å². The number of hydrogen-bond donors (Lipinski definition) is 2. The summed E-state index contributed by atoms with van der Waals surface area (Å²) in [6.07, 6.45) is 0.298. The van der Waals surface area contributed by atoms with Crippen molar-refractivity contribution in [1.29, 1.82) is 0 Å². The molecule has 1 heterocycles. The van der Waals surface area contributed by atoms with E-state index in [4.69, 9.17) is 5.11 Å². The van der Waals surface area contributed by atoms with Crippen molar-refractivity contribution in [1.82, 2.24) is 10.4 Å². The second-order valence-electron chi connectivity index (χ2n) is 3.81. The molecule has 1 aliphatic rings. The number of hydrazine groups is 1. The van der Waals surface area contributed by atoms with Gasteiger partial charge in [0.25, 0.3) is 0 Å². The van der Waals surface area contributed by atoms with Gasteiger partial charge in [0, 0.05) is 12.8 Å². The molecular weight excluding hydrogens is 200 g/mol. The van der Waals surface area contributed by atoms with Crippen molar-refractivity contribution in [3.8, 4) is 0 Å². The van der Waals surface area contributed by atoms with Crippen molar-refractivity contribution in [3.63, 3.8) is 0 Å². The largest absolute Gasteiger partial charge is 0.480 e. The summed E-state index contributed by atoms with van der Waals surface area (Å²) in [6, 6.07) is -0.920. The van der Waals surface area contributed by atoms with E-state index in [0.717, 1.165) is 5.01 Å². The topological polar surface area (TPSA) is 86.7 Å². The Morgan fingerprint density at radius 1 is 1.33 bits per heavy atom. The molecule has 0 aliphatic carbocycles. The summed E-state index contributed by atoms with van der Waals surface area (Å²) in [5.74, 6) is -2.01. The van der Waals surface area contributed by atoms with Crippen LogP contribution in [0.15, 0.2) is 0 Å². The van der Waals surface area contributed by atoms with Crippen LogP contribution in [0.2, 0.25) is 0 Å². The minimum Gasteiger partial charge on any atom is -0.480 e. The Kier molecular flexibility index (Phi) is 3.41. The summed E-state index contributed by atoms with van der Waals surface area (Å²) in [7, 11) is 0. The van der Waals surface area contributed by atoms with E-state index in [-0.39, 0.29) is 30.6 Å². The monoisotopic (exact) mass is 214 g/mol. The summed E-state index contributed by atoms with van der Waals surface area (Å²) in [5, 5.41) is 9.68. The SMILES string of the molecule is CC(C)[C@H](NN1C(=O)CCC1=O)C(=O)O. The van der Waals surface area contributed by atoms with E-state index in [2.05, 4.69) is 5.43 Å². The average molecular weight is 214 g/mol. The van der Waals surface area contributed by atoms with Crippen LogP contribution in [-0.2, 0) is 14.4 Å². The van der Waals surface area contributed by atoms with Crippen LogP contribution in [0.1, 0.15) is 26.7 Å². The summed E-state index contributed by atoms with van der Waals surface area (Å²) >= 11 is 0. The summed E-state index contributed by atoms with van der Waals surface area (Å²) in [4.78, 5) is 33.3. The molecule has 1 atom stereocenters. The van der Waals surface area contributed by atoms with Gasteiger partial charge in [-0.1, -0.05) is 13.8 Å². The van der Waals surface area contributed by atoms with Crippen LogP contribution in [-0.4, -0.2) is 33.9 Å². The van der Waals surface area contributed by atoms with E-state index < -0.39 is 12.0 Å². The standard InChI is InChI=1S/C9H14N2O4/c1-5(2)8(9(14)15)10-11-6(12)3-4-7(11)13/h5,8,10H,3-4H2,1-2H3,(H,14,15)/t8-/m0/s1. The number of rotatable bonds is 4. The highest BCUT2D eigenvalue weighted by molar-refractivity contribution is 6.01. The molecule has 1 saturated heterocycles. The lowest BCUT2D eigenvalue weighted by atomic mass is 10.1. The molecule has 0 radical (unpaired) electrons. The van der Waals surface area contributed by atoms with Crippen molar-refractivity contribution >= 4 is 17.8 Å². The van der Waals surface area contributed by atoms with E-state index >= 15 is 0 Å². The molecule has 6 heteroatoms. The van der Waals surface area contributed by atoms with Crippen molar-refractivity contribution in [2.45, 2.75) is 32.7 Å². The van der Waals surface area contributed by atoms with Crippen LogP contribution in [0.5, 0.6) is 0 Å². The Morgan fingerprint density at radius 2 is 1.80 bits per heavy atom. The van der Waals surface area contributed by atoms with Crippen LogP contribution in [0, 0.1) is 5.92 Å². The fraction of sp³-hybridized carbons (Fsp3) is 0.667. The molecular formula is C9H14N2O4. The zero-order valence-corrected chi connectivity index (χ0v) is 8.69. The minimum atomic E-state index is -1.07. The second kappa shape index (κ2) is 4.39. The molecule has 0 spiro atoms. The molecule has 15 heavy (non-hydrogen) atoms.